The van der Waals surface area contributed by atoms with Gasteiger partial charge in [-0.15, -0.1) is 0 Å². The van der Waals surface area contributed by atoms with Crippen molar-refractivity contribution in [1.29, 1.82) is 0 Å². The minimum Gasteiger partial charge on any atom is -0.444 e. The fourth-order valence-corrected chi connectivity index (χ4v) is 2.15. The molecule has 1 amide bonds. The van der Waals surface area contributed by atoms with E-state index in [4.69, 9.17) is 16.3 Å². The molecule has 1 saturated heterocycles. The van der Waals surface area contributed by atoms with E-state index < -0.39 is 17.7 Å². The summed E-state index contributed by atoms with van der Waals surface area (Å²) >= 11 is 5.83. The molecule has 1 unspecified atom stereocenters. The number of carbonyl (C=O) groups excluding carboxylic acids is 2. The second-order valence-corrected chi connectivity index (χ2v) is 6.36. The maximum atomic E-state index is 12.0. The van der Waals surface area contributed by atoms with Gasteiger partial charge in [-0.1, -0.05) is 23.7 Å². The molecular weight excluding hydrogens is 278 g/mol. The number of benzene rings is 1. The lowest BCUT2D eigenvalue weighted by molar-refractivity contribution is -0.135. The van der Waals surface area contributed by atoms with E-state index in [0.717, 1.165) is 5.56 Å². The van der Waals surface area contributed by atoms with Gasteiger partial charge >= 0.3 is 6.09 Å². The normalized spacial score (nSPS) is 18.7. The van der Waals surface area contributed by atoms with Crippen LogP contribution in [0.4, 0.5) is 4.79 Å². The molecule has 1 fully saturated rings. The van der Waals surface area contributed by atoms with Gasteiger partial charge in [-0.05, 0) is 38.5 Å². The Kier molecular flexibility index (Phi) is 4.04. The Labute approximate surface area is 123 Å². The lowest BCUT2D eigenvalue weighted by Crippen LogP contribution is -2.61. The number of hydrogen-bond acceptors (Lipinski definition) is 3. The number of Topliss-reactive ketones (excluding diaryl/α,β-unsaturated/α-hetero) is 1. The molecule has 108 valence electrons. The fraction of sp³-hybridized carbons (Fsp3) is 0.467. The number of likely N-dealkylation sites (tertiary alicyclic amines) is 1. The van der Waals surface area contributed by atoms with Crippen molar-refractivity contribution < 1.29 is 14.3 Å². The van der Waals surface area contributed by atoms with Gasteiger partial charge in [0.15, 0.2) is 5.78 Å². The van der Waals surface area contributed by atoms with Gasteiger partial charge in [0.05, 0.1) is 6.54 Å². The molecule has 0 saturated carbocycles. The predicted octanol–water partition coefficient (Wildman–Crippen LogP) is 3.07. The average molecular weight is 296 g/mol. The van der Waals surface area contributed by atoms with Crippen molar-refractivity contribution in [2.24, 2.45) is 0 Å². The molecule has 5 heteroatoms. The number of ketones is 1. The van der Waals surface area contributed by atoms with Crippen LogP contribution in [-0.4, -0.2) is 35.0 Å². The van der Waals surface area contributed by atoms with Crippen LogP contribution in [0, 0.1) is 0 Å². The molecule has 1 heterocycles. The molecule has 0 aliphatic carbocycles. The van der Waals surface area contributed by atoms with Crippen molar-refractivity contribution in [2.75, 3.05) is 6.54 Å². The van der Waals surface area contributed by atoms with Gasteiger partial charge < -0.3 is 4.74 Å². The van der Waals surface area contributed by atoms with Crippen LogP contribution in [0.25, 0.3) is 0 Å². The summed E-state index contributed by atoms with van der Waals surface area (Å²) in [6, 6.07) is 6.85. The first-order valence-electron chi connectivity index (χ1n) is 6.53. The van der Waals surface area contributed by atoms with E-state index in [2.05, 4.69) is 0 Å². The predicted molar refractivity (Wildman–Crippen MR) is 76.9 cm³/mol. The highest BCUT2D eigenvalue weighted by molar-refractivity contribution is 6.30. The van der Waals surface area contributed by atoms with Crippen LogP contribution in [-0.2, 0) is 16.0 Å². The molecule has 1 aromatic carbocycles. The van der Waals surface area contributed by atoms with Crippen LogP contribution in [0.3, 0.4) is 0 Å². The summed E-state index contributed by atoms with van der Waals surface area (Å²) in [6.07, 6.45) is 0.0611. The van der Waals surface area contributed by atoms with Gasteiger partial charge in [0, 0.05) is 11.4 Å². The zero-order chi connectivity index (χ0) is 14.9. The first-order chi connectivity index (χ1) is 9.26. The maximum absolute atomic E-state index is 12.0. The van der Waals surface area contributed by atoms with Gasteiger partial charge in [-0.3, -0.25) is 9.69 Å². The second kappa shape index (κ2) is 5.44. The van der Waals surface area contributed by atoms with E-state index in [9.17, 15) is 9.59 Å². The van der Waals surface area contributed by atoms with E-state index in [-0.39, 0.29) is 12.3 Å². The highest BCUT2D eigenvalue weighted by Gasteiger charge is 2.42. The molecule has 0 bridgehead atoms. The van der Waals surface area contributed by atoms with Gasteiger partial charge in [0.25, 0.3) is 0 Å². The molecule has 0 radical (unpaired) electrons. The van der Waals surface area contributed by atoms with Crippen molar-refractivity contribution in [2.45, 2.75) is 38.8 Å². The third kappa shape index (κ3) is 3.51. The summed E-state index contributed by atoms with van der Waals surface area (Å²) in [6.45, 7) is 5.55. The molecule has 1 aromatic rings. The molecule has 0 spiro atoms. The summed E-state index contributed by atoms with van der Waals surface area (Å²) in [5, 5.41) is 0.651. The standard InChI is InChI=1S/C15H18ClNO3/c1-15(2,3)20-14(19)17-9-13(18)12(17)8-10-4-6-11(16)7-5-10/h4-7,12H,8-9H2,1-3H3. The Hall–Kier alpha value is -1.55. The van der Waals surface area contributed by atoms with Crippen molar-refractivity contribution >= 4 is 23.5 Å². The van der Waals surface area contributed by atoms with Crippen LogP contribution < -0.4 is 0 Å². The Morgan fingerprint density at radius 1 is 1.35 bits per heavy atom. The van der Waals surface area contributed by atoms with Crippen molar-refractivity contribution in [3.63, 3.8) is 0 Å². The number of nitrogens with zero attached hydrogens (tertiary/aromatic N) is 1. The smallest absolute Gasteiger partial charge is 0.411 e. The Bertz CT molecular complexity index is 519. The van der Waals surface area contributed by atoms with Crippen LogP contribution in [0.5, 0.6) is 0 Å². The monoisotopic (exact) mass is 295 g/mol. The lowest BCUT2D eigenvalue weighted by atomic mass is 9.94. The fourth-order valence-electron chi connectivity index (χ4n) is 2.02. The topological polar surface area (TPSA) is 46.6 Å². The van der Waals surface area contributed by atoms with Gasteiger partial charge in [0.1, 0.15) is 11.6 Å². The highest BCUT2D eigenvalue weighted by Crippen LogP contribution is 2.22. The van der Waals surface area contributed by atoms with Crippen LogP contribution in [0.2, 0.25) is 5.02 Å². The van der Waals surface area contributed by atoms with Crippen molar-refractivity contribution in [3.8, 4) is 0 Å². The third-order valence-electron chi connectivity index (χ3n) is 3.04. The summed E-state index contributed by atoms with van der Waals surface area (Å²) in [7, 11) is 0. The number of hydrogen-bond donors (Lipinski definition) is 0. The summed E-state index contributed by atoms with van der Waals surface area (Å²) in [4.78, 5) is 25.2. The van der Waals surface area contributed by atoms with Gasteiger partial charge in [-0.2, -0.15) is 0 Å². The molecule has 1 atom stereocenters. The third-order valence-corrected chi connectivity index (χ3v) is 3.30. The molecule has 1 aliphatic heterocycles. The van der Waals surface area contributed by atoms with E-state index in [1.807, 2.05) is 12.1 Å². The zero-order valence-electron chi connectivity index (χ0n) is 11.9. The first-order valence-corrected chi connectivity index (χ1v) is 6.91. The minimum absolute atomic E-state index is 0.0609. The Morgan fingerprint density at radius 2 is 1.95 bits per heavy atom. The van der Waals surface area contributed by atoms with Gasteiger partial charge in [0.2, 0.25) is 0 Å². The quantitative estimate of drug-likeness (QED) is 0.842. The van der Waals surface area contributed by atoms with E-state index >= 15 is 0 Å². The molecular formula is C15H18ClNO3. The summed E-state index contributed by atoms with van der Waals surface area (Å²) < 4.78 is 5.29. The van der Waals surface area contributed by atoms with E-state index in [1.165, 1.54) is 4.90 Å². The molecule has 2 rings (SSSR count). The molecule has 0 aromatic heterocycles. The lowest BCUT2D eigenvalue weighted by Gasteiger charge is -2.39. The minimum atomic E-state index is -0.555. The molecule has 0 N–H and O–H groups in total. The van der Waals surface area contributed by atoms with E-state index in [1.54, 1.807) is 32.9 Å². The largest absolute Gasteiger partial charge is 0.444 e. The number of carbonyl (C=O) groups is 2. The number of halogens is 1. The molecule has 20 heavy (non-hydrogen) atoms. The van der Waals surface area contributed by atoms with Crippen LogP contribution in [0.15, 0.2) is 24.3 Å². The van der Waals surface area contributed by atoms with Gasteiger partial charge in [-0.25, -0.2) is 4.79 Å². The average Bonchev–Trinajstić information content (AvgIpc) is 2.32. The number of ether oxygens (including phenoxy) is 1. The van der Waals surface area contributed by atoms with Crippen molar-refractivity contribution in [1.82, 2.24) is 4.90 Å². The second-order valence-electron chi connectivity index (χ2n) is 5.92. The number of rotatable bonds is 2. The van der Waals surface area contributed by atoms with E-state index in [0.29, 0.717) is 11.4 Å². The Morgan fingerprint density at radius 3 is 2.45 bits per heavy atom. The highest BCUT2D eigenvalue weighted by atomic mass is 35.5. The maximum Gasteiger partial charge on any atom is 0.411 e. The molecule has 1 aliphatic rings. The summed E-state index contributed by atoms with van der Waals surface area (Å²) in [5.74, 6) is 0.0609. The van der Waals surface area contributed by atoms with Crippen LogP contribution in [0.1, 0.15) is 26.3 Å². The summed E-state index contributed by atoms with van der Waals surface area (Å²) in [5.41, 5.74) is 0.418. The van der Waals surface area contributed by atoms with Crippen molar-refractivity contribution in [3.05, 3.63) is 34.9 Å². The Balaban J connectivity index is 2.01. The zero-order valence-corrected chi connectivity index (χ0v) is 12.6. The number of amides is 1. The molecule has 4 nitrogen and oxygen atoms in total. The SMILES string of the molecule is CC(C)(C)OC(=O)N1CC(=O)C1Cc1ccc(Cl)cc1. The van der Waals surface area contributed by atoms with Crippen LogP contribution >= 0.6 is 11.6 Å². The first kappa shape index (κ1) is 14.9.